The summed E-state index contributed by atoms with van der Waals surface area (Å²) in [6, 6.07) is 3.33. The van der Waals surface area contributed by atoms with Crippen molar-refractivity contribution >= 4 is 10.0 Å². The van der Waals surface area contributed by atoms with Gasteiger partial charge in [-0.15, -0.1) is 0 Å². The molecule has 20 heavy (non-hydrogen) atoms. The minimum Gasteiger partial charge on any atom is -0.384 e. The summed E-state index contributed by atoms with van der Waals surface area (Å²) in [5, 5.41) is 17.2. The van der Waals surface area contributed by atoms with Crippen LogP contribution in [0.3, 0.4) is 0 Å². The first kappa shape index (κ1) is 16.1. The molecule has 0 aromatic carbocycles. The smallest absolute Gasteiger partial charge is 0.244 e. The third-order valence-corrected chi connectivity index (χ3v) is 4.43. The molecular weight excluding hydrogens is 278 g/mol. The molecule has 0 saturated heterocycles. The summed E-state index contributed by atoms with van der Waals surface area (Å²) in [4.78, 5) is 3.88. The van der Waals surface area contributed by atoms with Crippen LogP contribution in [0.5, 0.6) is 0 Å². The van der Waals surface area contributed by atoms with E-state index in [9.17, 15) is 8.42 Å². The van der Waals surface area contributed by atoms with Crippen molar-refractivity contribution in [2.75, 3.05) is 19.7 Å². The van der Waals surface area contributed by atoms with Crippen molar-refractivity contribution in [2.45, 2.75) is 18.2 Å². The molecule has 1 heterocycles. The van der Waals surface area contributed by atoms with E-state index in [0.29, 0.717) is 5.56 Å². The summed E-state index contributed by atoms with van der Waals surface area (Å²) in [6.07, 6.45) is 2.80. The van der Waals surface area contributed by atoms with Gasteiger partial charge in [0.1, 0.15) is 11.5 Å². The van der Waals surface area contributed by atoms with Gasteiger partial charge < -0.3 is 5.11 Å². The van der Waals surface area contributed by atoms with Crippen LogP contribution in [0.1, 0.15) is 18.9 Å². The fraction of sp³-hybridized carbons (Fsp3) is 0.385. The van der Waals surface area contributed by atoms with E-state index in [0.717, 1.165) is 0 Å². The van der Waals surface area contributed by atoms with Gasteiger partial charge in [0.15, 0.2) is 0 Å². The molecule has 1 N–H and O–H groups in total. The highest BCUT2D eigenvalue weighted by Gasteiger charge is 2.23. The topological polar surface area (TPSA) is 94.3 Å². The molecule has 7 heteroatoms. The lowest BCUT2D eigenvalue weighted by atomic mass is 10.3. The highest BCUT2D eigenvalue weighted by molar-refractivity contribution is 7.89. The number of aliphatic hydroxyl groups is 1. The van der Waals surface area contributed by atoms with E-state index >= 15 is 0 Å². The van der Waals surface area contributed by atoms with Gasteiger partial charge in [0.05, 0.1) is 6.07 Å². The van der Waals surface area contributed by atoms with Crippen molar-refractivity contribution in [3.8, 4) is 17.9 Å². The Bertz CT molecular complexity index is 653. The van der Waals surface area contributed by atoms with E-state index in [-0.39, 0.29) is 31.0 Å². The number of rotatable bonds is 5. The Balaban J connectivity index is 3.11. The van der Waals surface area contributed by atoms with E-state index in [2.05, 4.69) is 16.8 Å². The lowest BCUT2D eigenvalue weighted by Gasteiger charge is -2.18. The van der Waals surface area contributed by atoms with Crippen LogP contribution in [0, 0.1) is 23.2 Å². The number of hydrogen-bond acceptors (Lipinski definition) is 5. The monoisotopic (exact) mass is 293 g/mol. The van der Waals surface area contributed by atoms with E-state index in [1.54, 1.807) is 6.92 Å². The summed E-state index contributed by atoms with van der Waals surface area (Å²) < 4.78 is 26.0. The van der Waals surface area contributed by atoms with Crippen LogP contribution < -0.4 is 0 Å². The van der Waals surface area contributed by atoms with Crippen molar-refractivity contribution < 1.29 is 13.5 Å². The molecule has 0 radical (unpaired) electrons. The van der Waals surface area contributed by atoms with Crippen molar-refractivity contribution in [1.29, 1.82) is 5.26 Å². The average molecular weight is 293 g/mol. The fourth-order valence-electron chi connectivity index (χ4n) is 1.54. The molecule has 6 nitrogen and oxygen atoms in total. The molecular formula is C13H15N3O3S. The molecule has 0 aliphatic rings. The summed E-state index contributed by atoms with van der Waals surface area (Å²) in [7, 11) is -3.68. The van der Waals surface area contributed by atoms with Gasteiger partial charge in [-0.2, -0.15) is 9.57 Å². The van der Waals surface area contributed by atoms with Crippen LogP contribution >= 0.6 is 0 Å². The molecule has 0 bridgehead atoms. The summed E-state index contributed by atoms with van der Waals surface area (Å²) >= 11 is 0. The number of aliphatic hydroxyl groups excluding tert-OH is 1. The summed E-state index contributed by atoms with van der Waals surface area (Å²) in [6.45, 7) is 1.82. The zero-order valence-electron chi connectivity index (χ0n) is 11.1. The number of aromatic nitrogens is 1. The van der Waals surface area contributed by atoms with Crippen LogP contribution in [0.25, 0.3) is 0 Å². The van der Waals surface area contributed by atoms with Crippen LogP contribution in [0.2, 0.25) is 0 Å². The number of pyridine rings is 1. The molecule has 0 saturated carbocycles. The van der Waals surface area contributed by atoms with Crippen molar-refractivity contribution in [1.82, 2.24) is 9.29 Å². The zero-order chi connectivity index (χ0) is 15.0. The van der Waals surface area contributed by atoms with Crippen LogP contribution in [-0.4, -0.2) is 42.5 Å². The standard InChI is InChI=1S/C13H15N3O3S/c1-2-16(7-4-6-14)20(18,19)13-9-12(5-3-8-17)10-15-11-13/h9-11,17H,2,4,7-8H2,1H3. The van der Waals surface area contributed by atoms with E-state index in [1.807, 2.05) is 6.07 Å². The van der Waals surface area contributed by atoms with Gasteiger partial charge >= 0.3 is 0 Å². The maximum absolute atomic E-state index is 12.4. The van der Waals surface area contributed by atoms with E-state index < -0.39 is 10.0 Å². The van der Waals surface area contributed by atoms with Crippen LogP contribution in [0.15, 0.2) is 23.4 Å². The minimum atomic E-state index is -3.68. The Morgan fingerprint density at radius 3 is 2.80 bits per heavy atom. The Morgan fingerprint density at radius 2 is 2.20 bits per heavy atom. The molecule has 0 unspecified atom stereocenters. The first-order chi connectivity index (χ1) is 9.56. The zero-order valence-corrected chi connectivity index (χ0v) is 11.9. The number of sulfonamides is 1. The Hall–Kier alpha value is -1.93. The quantitative estimate of drug-likeness (QED) is 0.790. The first-order valence-corrected chi connectivity index (χ1v) is 7.42. The van der Waals surface area contributed by atoms with Gasteiger partial charge in [0.25, 0.3) is 0 Å². The predicted molar refractivity (Wildman–Crippen MR) is 72.9 cm³/mol. The number of nitrogens with zero attached hydrogens (tertiary/aromatic N) is 3. The molecule has 1 rings (SSSR count). The maximum Gasteiger partial charge on any atom is 0.244 e. The third kappa shape index (κ3) is 4.04. The number of nitriles is 1. The molecule has 0 aliphatic carbocycles. The normalized spacial score (nSPS) is 10.7. The largest absolute Gasteiger partial charge is 0.384 e. The minimum absolute atomic E-state index is 0.0297. The van der Waals surface area contributed by atoms with Gasteiger partial charge in [-0.25, -0.2) is 8.42 Å². The molecule has 0 spiro atoms. The molecule has 1 aromatic rings. The van der Waals surface area contributed by atoms with Crippen LogP contribution in [-0.2, 0) is 10.0 Å². The second kappa shape index (κ2) is 7.61. The van der Waals surface area contributed by atoms with Gasteiger partial charge in [0.2, 0.25) is 10.0 Å². The average Bonchev–Trinajstić information content (AvgIpc) is 2.46. The van der Waals surface area contributed by atoms with Gasteiger partial charge in [-0.05, 0) is 6.07 Å². The van der Waals surface area contributed by atoms with Crippen molar-refractivity contribution in [3.63, 3.8) is 0 Å². The second-order valence-electron chi connectivity index (χ2n) is 3.77. The maximum atomic E-state index is 12.4. The Labute approximate surface area is 118 Å². The lowest BCUT2D eigenvalue weighted by molar-refractivity contribution is 0.350. The molecule has 0 amide bonds. The third-order valence-electron chi connectivity index (χ3n) is 2.49. The van der Waals surface area contributed by atoms with Crippen molar-refractivity contribution in [3.05, 3.63) is 24.0 Å². The molecule has 0 atom stereocenters. The van der Waals surface area contributed by atoms with Gasteiger partial charge in [-0.1, -0.05) is 18.8 Å². The predicted octanol–water partition coefficient (Wildman–Crippen LogP) is 0.350. The highest BCUT2D eigenvalue weighted by Crippen LogP contribution is 2.15. The first-order valence-electron chi connectivity index (χ1n) is 5.98. The SMILES string of the molecule is CCN(CCC#N)S(=O)(=O)c1cncc(C#CCO)c1. The number of hydrogen-bond donors (Lipinski definition) is 1. The molecule has 0 fully saturated rings. The van der Waals surface area contributed by atoms with Gasteiger partial charge in [0, 0.05) is 37.5 Å². The van der Waals surface area contributed by atoms with E-state index in [4.69, 9.17) is 10.4 Å². The Kier molecular flexibility index (Phi) is 6.13. The molecule has 106 valence electrons. The highest BCUT2D eigenvalue weighted by atomic mass is 32.2. The van der Waals surface area contributed by atoms with Crippen molar-refractivity contribution in [2.24, 2.45) is 0 Å². The fourth-order valence-corrected chi connectivity index (χ4v) is 2.98. The Morgan fingerprint density at radius 1 is 1.45 bits per heavy atom. The second-order valence-corrected chi connectivity index (χ2v) is 5.71. The van der Waals surface area contributed by atoms with Crippen LogP contribution in [0.4, 0.5) is 0 Å². The lowest BCUT2D eigenvalue weighted by Crippen LogP contribution is -2.31. The summed E-state index contributed by atoms with van der Waals surface area (Å²) in [5.74, 6) is 5.04. The van der Waals surface area contributed by atoms with Gasteiger partial charge in [-0.3, -0.25) is 4.98 Å². The molecule has 0 aliphatic heterocycles. The summed E-state index contributed by atoms with van der Waals surface area (Å²) in [5.41, 5.74) is 0.413. The van der Waals surface area contributed by atoms with E-state index in [1.165, 1.54) is 22.8 Å². The molecule has 1 aromatic heterocycles.